The van der Waals surface area contributed by atoms with E-state index in [1.807, 2.05) is 13.8 Å². The Hall–Kier alpha value is -2.08. The van der Waals surface area contributed by atoms with Crippen LogP contribution in [0, 0.1) is 5.92 Å². The molecule has 0 fully saturated rings. The molecule has 0 radical (unpaired) electrons. The maximum absolute atomic E-state index is 10.4. The van der Waals surface area contributed by atoms with Crippen molar-refractivity contribution in [2.75, 3.05) is 26.2 Å². The Balaban J connectivity index is -0.0000000995. The summed E-state index contributed by atoms with van der Waals surface area (Å²) in [4.78, 5) is 38.1. The summed E-state index contributed by atoms with van der Waals surface area (Å²) in [5, 5.41) is 22.8. The van der Waals surface area contributed by atoms with Crippen molar-refractivity contribution in [3.63, 3.8) is 0 Å². The second kappa shape index (κ2) is 21.2. The van der Waals surface area contributed by atoms with Crippen LogP contribution in [-0.4, -0.2) is 65.2 Å². The first-order chi connectivity index (χ1) is 9.99. The lowest BCUT2D eigenvalue weighted by molar-refractivity contribution is -0.136. The summed E-state index contributed by atoms with van der Waals surface area (Å²) >= 11 is 0. The Bertz CT molecular complexity index is 288. The van der Waals surface area contributed by atoms with Gasteiger partial charge in [0.15, 0.2) is 0 Å². The first-order valence-corrected chi connectivity index (χ1v) is 5.98. The number of rotatable bonds is 5. The zero-order chi connectivity index (χ0) is 18.7. The molecule has 0 unspecified atom stereocenters. The van der Waals surface area contributed by atoms with Gasteiger partial charge in [0.1, 0.15) is 5.78 Å². The third-order valence-corrected chi connectivity index (χ3v) is 1.37. The predicted molar refractivity (Wildman–Crippen MR) is 79.0 cm³/mol. The highest BCUT2D eigenvalue weighted by Crippen LogP contribution is 1.89. The number of hydrogen-bond acceptors (Lipinski definition) is 8. The number of carbonyl (C=O) groups excluding carboxylic acids is 1. The van der Waals surface area contributed by atoms with Gasteiger partial charge in [-0.3, -0.25) is 19.2 Å². The van der Waals surface area contributed by atoms with Crippen molar-refractivity contribution in [1.82, 2.24) is 0 Å². The van der Waals surface area contributed by atoms with Crippen molar-refractivity contribution in [2.24, 2.45) is 28.9 Å². The third kappa shape index (κ3) is 52.1. The molecule has 0 spiro atoms. The zero-order valence-electron chi connectivity index (χ0n) is 12.7. The minimum atomic E-state index is -0.968. The lowest BCUT2D eigenvalue weighted by atomic mass is 10.1. The first-order valence-electron chi connectivity index (χ1n) is 5.98. The predicted octanol–water partition coefficient (Wildman–Crippen LogP) is -2.74. The number of aliphatic carboxylic acids is 3. The smallest absolute Gasteiger partial charge is 0.317 e. The maximum atomic E-state index is 10.4. The standard InChI is InChI=1S/C5H11NO.3C2H5NO2/c1-4(2)5(7)3-6;3*3-1-2(4)5/h4H,3,6H2,1-2H3;3*1,3H2,(H,4,5). The van der Waals surface area contributed by atoms with E-state index in [2.05, 4.69) is 17.2 Å². The molecule has 0 aliphatic rings. The molecule has 11 heteroatoms. The number of nitrogens with two attached hydrogens (primary N) is 4. The fourth-order valence-electron chi connectivity index (χ4n) is 0.236. The summed E-state index contributed by atoms with van der Waals surface area (Å²) in [5.74, 6) is -2.68. The van der Waals surface area contributed by atoms with Gasteiger partial charge in [0, 0.05) is 5.92 Å². The molecular weight excluding hydrogens is 300 g/mol. The summed E-state index contributed by atoms with van der Waals surface area (Å²) in [6, 6.07) is 0. The van der Waals surface area contributed by atoms with Crippen LogP contribution in [0.1, 0.15) is 13.8 Å². The second-order valence-electron chi connectivity index (χ2n) is 3.62. The Labute approximate surface area is 128 Å². The van der Waals surface area contributed by atoms with E-state index < -0.39 is 17.9 Å². The van der Waals surface area contributed by atoms with E-state index in [4.69, 9.17) is 21.1 Å². The highest BCUT2D eigenvalue weighted by atomic mass is 16.4. The lowest BCUT2D eigenvalue weighted by Gasteiger charge is -1.96. The van der Waals surface area contributed by atoms with Gasteiger partial charge in [-0.2, -0.15) is 0 Å². The molecule has 132 valence electrons. The molecule has 0 heterocycles. The SMILES string of the molecule is CC(C)C(=O)CN.NCC(=O)O.NCC(=O)O.NCC(=O)O. The normalized spacial score (nSPS) is 8.14. The average Bonchev–Trinajstić information content (AvgIpc) is 2.47. The van der Waals surface area contributed by atoms with Crippen molar-refractivity contribution < 1.29 is 34.5 Å². The van der Waals surface area contributed by atoms with Crippen molar-refractivity contribution in [2.45, 2.75) is 13.8 Å². The van der Waals surface area contributed by atoms with Crippen LogP contribution in [-0.2, 0) is 19.2 Å². The van der Waals surface area contributed by atoms with Gasteiger partial charge in [-0.05, 0) is 0 Å². The van der Waals surface area contributed by atoms with Gasteiger partial charge in [0.2, 0.25) is 0 Å². The molecule has 11 N–H and O–H groups in total. The number of hydrogen-bond donors (Lipinski definition) is 7. The quantitative estimate of drug-likeness (QED) is 0.273. The van der Waals surface area contributed by atoms with Crippen LogP contribution < -0.4 is 22.9 Å². The van der Waals surface area contributed by atoms with E-state index in [1.54, 1.807) is 0 Å². The van der Waals surface area contributed by atoms with E-state index in [0.29, 0.717) is 0 Å². The molecule has 0 rings (SSSR count). The Morgan fingerprint density at radius 1 is 0.682 bits per heavy atom. The van der Waals surface area contributed by atoms with Gasteiger partial charge in [0.25, 0.3) is 0 Å². The zero-order valence-corrected chi connectivity index (χ0v) is 12.7. The highest BCUT2D eigenvalue weighted by molar-refractivity contribution is 5.81. The summed E-state index contributed by atoms with van der Waals surface area (Å²) in [7, 11) is 0. The van der Waals surface area contributed by atoms with Gasteiger partial charge >= 0.3 is 17.9 Å². The van der Waals surface area contributed by atoms with Crippen LogP contribution >= 0.6 is 0 Å². The van der Waals surface area contributed by atoms with E-state index in [1.165, 1.54) is 0 Å². The summed E-state index contributed by atoms with van der Waals surface area (Å²) < 4.78 is 0. The minimum absolute atomic E-state index is 0.102. The van der Waals surface area contributed by atoms with Crippen LogP contribution in [0.4, 0.5) is 0 Å². The fraction of sp³-hybridized carbons (Fsp3) is 0.636. The highest BCUT2D eigenvalue weighted by Gasteiger charge is 2.01. The van der Waals surface area contributed by atoms with Crippen LogP contribution in [0.3, 0.4) is 0 Å². The summed E-state index contributed by atoms with van der Waals surface area (Å²) in [5.41, 5.74) is 18.7. The molecule has 0 aromatic rings. The Kier molecular flexibility index (Phi) is 27.1. The van der Waals surface area contributed by atoms with Gasteiger partial charge in [-0.15, -0.1) is 0 Å². The molecule has 0 saturated heterocycles. The van der Waals surface area contributed by atoms with Crippen LogP contribution in [0.25, 0.3) is 0 Å². The monoisotopic (exact) mass is 326 g/mol. The van der Waals surface area contributed by atoms with Crippen molar-refractivity contribution >= 4 is 23.7 Å². The number of carboxylic acid groups (broad SMARTS) is 3. The molecular formula is C11H26N4O7. The third-order valence-electron chi connectivity index (χ3n) is 1.37. The second-order valence-corrected chi connectivity index (χ2v) is 3.62. The molecule has 0 aromatic carbocycles. The minimum Gasteiger partial charge on any atom is -0.480 e. The first kappa shape index (κ1) is 28.1. The largest absolute Gasteiger partial charge is 0.480 e. The van der Waals surface area contributed by atoms with Gasteiger partial charge < -0.3 is 38.3 Å². The topological polar surface area (TPSA) is 233 Å². The van der Waals surface area contributed by atoms with Crippen molar-refractivity contribution in [3.05, 3.63) is 0 Å². The number of carbonyl (C=O) groups is 4. The Morgan fingerprint density at radius 2 is 0.864 bits per heavy atom. The lowest BCUT2D eigenvalue weighted by Crippen LogP contribution is -2.18. The molecule has 0 amide bonds. The van der Waals surface area contributed by atoms with Crippen molar-refractivity contribution in [3.8, 4) is 0 Å². The van der Waals surface area contributed by atoms with Gasteiger partial charge in [0.05, 0.1) is 26.2 Å². The van der Waals surface area contributed by atoms with E-state index >= 15 is 0 Å². The molecule has 0 bridgehead atoms. The number of carboxylic acids is 3. The molecule has 0 atom stereocenters. The summed E-state index contributed by atoms with van der Waals surface area (Å²) in [6.45, 7) is 3.03. The van der Waals surface area contributed by atoms with E-state index in [-0.39, 0.29) is 37.9 Å². The molecule has 0 saturated carbocycles. The van der Waals surface area contributed by atoms with Crippen LogP contribution in [0.2, 0.25) is 0 Å². The average molecular weight is 326 g/mol. The fourth-order valence-corrected chi connectivity index (χ4v) is 0.236. The van der Waals surface area contributed by atoms with E-state index in [0.717, 1.165) is 0 Å². The number of Topliss-reactive ketones (excluding diaryl/α,β-unsaturated/α-hetero) is 1. The van der Waals surface area contributed by atoms with Crippen LogP contribution in [0.5, 0.6) is 0 Å². The molecule has 22 heavy (non-hydrogen) atoms. The molecule has 0 aliphatic carbocycles. The van der Waals surface area contributed by atoms with Crippen LogP contribution in [0.15, 0.2) is 0 Å². The summed E-state index contributed by atoms with van der Waals surface area (Å²) in [6.07, 6.45) is 0. The van der Waals surface area contributed by atoms with Gasteiger partial charge in [-0.25, -0.2) is 0 Å². The molecule has 0 aliphatic heterocycles. The van der Waals surface area contributed by atoms with Gasteiger partial charge in [-0.1, -0.05) is 13.8 Å². The Morgan fingerprint density at radius 3 is 0.864 bits per heavy atom. The maximum Gasteiger partial charge on any atom is 0.317 e. The molecule has 11 nitrogen and oxygen atoms in total. The molecule has 0 aromatic heterocycles. The van der Waals surface area contributed by atoms with Crippen molar-refractivity contribution in [1.29, 1.82) is 0 Å². The number of ketones is 1. The van der Waals surface area contributed by atoms with E-state index in [9.17, 15) is 19.2 Å².